The Morgan fingerprint density at radius 1 is 1.44 bits per heavy atom. The fraction of sp³-hybridized carbons (Fsp3) is 1.00. The minimum atomic E-state index is 1.07. The largest absolute Gasteiger partial charge is 0.105 e. The van der Waals surface area contributed by atoms with Crippen molar-refractivity contribution in [1.82, 2.24) is 0 Å². The molecule has 0 aliphatic heterocycles. The zero-order valence-corrected chi connectivity index (χ0v) is 6.69. The van der Waals surface area contributed by atoms with E-state index in [2.05, 4.69) is 14.8 Å². The molecule has 0 nitrogen and oxygen atoms in total. The maximum Gasteiger partial charge on any atom is 0.105 e. The Hall–Kier alpha value is 0.0649. The molecule has 52 valence electrons. The van der Waals surface area contributed by atoms with Crippen molar-refractivity contribution < 1.29 is 0 Å². The molecule has 1 rings (SSSR count). The fourth-order valence-electron chi connectivity index (χ4n) is 1.46. The van der Waals surface area contributed by atoms with Gasteiger partial charge in [-0.15, -0.1) is 0 Å². The monoisotopic (exact) mass is 124 g/mol. The molecule has 0 saturated heterocycles. The predicted molar refractivity (Wildman–Crippen MR) is 44.5 cm³/mol. The molecule has 0 aromatic carbocycles. The highest BCUT2D eigenvalue weighted by Gasteiger charge is 2.30. The van der Waals surface area contributed by atoms with Crippen LogP contribution in [0.15, 0.2) is 0 Å². The van der Waals surface area contributed by atoms with E-state index in [1.54, 1.807) is 0 Å². The highest BCUT2D eigenvalue weighted by molar-refractivity contribution is 6.13. The number of unbranched alkanes of at least 4 members (excludes halogenated alkanes) is 2. The summed E-state index contributed by atoms with van der Waals surface area (Å²) in [5.41, 5.74) is 0. The molecule has 0 amide bonds. The van der Waals surface area contributed by atoms with Crippen LogP contribution in [-0.2, 0) is 0 Å². The van der Waals surface area contributed by atoms with Gasteiger partial charge in [0, 0.05) is 0 Å². The summed E-state index contributed by atoms with van der Waals surface area (Å²) in [7, 11) is 2.37. The van der Waals surface area contributed by atoms with Crippen LogP contribution in [0.3, 0.4) is 0 Å². The normalized spacial score (nSPS) is 32.6. The van der Waals surface area contributed by atoms with Crippen LogP contribution in [0.5, 0.6) is 0 Å². The van der Waals surface area contributed by atoms with E-state index in [0.29, 0.717) is 0 Å². The van der Waals surface area contributed by atoms with Crippen molar-refractivity contribution in [3.63, 3.8) is 0 Å². The second kappa shape index (κ2) is 3.29. The molecule has 2 atom stereocenters. The standard InChI is InChI=1S/C8H17B/c1-2-3-4-5-7-6-8(7)9/h7-8H,2-6,9H2,1H3/t7-,8-/m1/s1. The Bertz CT molecular complexity index is 80.6. The first-order chi connectivity index (χ1) is 4.34. The van der Waals surface area contributed by atoms with Gasteiger partial charge < -0.3 is 0 Å². The lowest BCUT2D eigenvalue weighted by Crippen LogP contribution is -1.79. The molecule has 1 aliphatic rings. The molecule has 0 spiro atoms. The van der Waals surface area contributed by atoms with E-state index in [4.69, 9.17) is 0 Å². The fourth-order valence-corrected chi connectivity index (χ4v) is 1.46. The lowest BCUT2D eigenvalue weighted by Gasteiger charge is -1.94. The Morgan fingerprint density at radius 2 is 2.11 bits per heavy atom. The zero-order valence-electron chi connectivity index (χ0n) is 6.69. The van der Waals surface area contributed by atoms with E-state index in [1.807, 2.05) is 0 Å². The number of hydrogen-bond acceptors (Lipinski definition) is 0. The molecule has 1 saturated carbocycles. The summed E-state index contributed by atoms with van der Waals surface area (Å²) in [4.78, 5) is 0. The molecule has 0 aromatic rings. The van der Waals surface area contributed by atoms with Crippen LogP contribution in [0.2, 0.25) is 5.82 Å². The molecule has 0 bridgehead atoms. The number of hydrogen-bond donors (Lipinski definition) is 0. The van der Waals surface area contributed by atoms with Gasteiger partial charge in [-0.2, -0.15) is 0 Å². The van der Waals surface area contributed by atoms with Crippen LogP contribution in [0.4, 0.5) is 0 Å². The highest BCUT2D eigenvalue weighted by Crippen LogP contribution is 2.45. The quantitative estimate of drug-likeness (QED) is 0.397. The van der Waals surface area contributed by atoms with Gasteiger partial charge in [-0.3, -0.25) is 0 Å². The maximum atomic E-state index is 2.37. The van der Waals surface area contributed by atoms with Gasteiger partial charge in [0.25, 0.3) is 0 Å². The first-order valence-corrected chi connectivity index (χ1v) is 4.34. The second-order valence-corrected chi connectivity index (χ2v) is 3.47. The summed E-state index contributed by atoms with van der Waals surface area (Å²) >= 11 is 0. The van der Waals surface area contributed by atoms with E-state index in [-0.39, 0.29) is 0 Å². The van der Waals surface area contributed by atoms with Crippen LogP contribution < -0.4 is 0 Å². The van der Waals surface area contributed by atoms with Crippen molar-refractivity contribution in [2.45, 2.75) is 44.8 Å². The van der Waals surface area contributed by atoms with Crippen molar-refractivity contribution >= 4 is 7.85 Å². The molecule has 0 N–H and O–H groups in total. The first kappa shape index (κ1) is 7.18. The van der Waals surface area contributed by atoms with Crippen molar-refractivity contribution in [2.75, 3.05) is 0 Å². The van der Waals surface area contributed by atoms with E-state index in [9.17, 15) is 0 Å². The molecule has 1 heteroatoms. The topological polar surface area (TPSA) is 0 Å². The summed E-state index contributed by atoms with van der Waals surface area (Å²) in [6, 6.07) is 0. The van der Waals surface area contributed by atoms with Crippen LogP contribution in [0.25, 0.3) is 0 Å². The van der Waals surface area contributed by atoms with Gasteiger partial charge in [-0.1, -0.05) is 44.8 Å². The molecule has 1 aliphatic carbocycles. The summed E-state index contributed by atoms with van der Waals surface area (Å²) < 4.78 is 0. The van der Waals surface area contributed by atoms with E-state index >= 15 is 0 Å². The summed E-state index contributed by atoms with van der Waals surface area (Å²) in [6.45, 7) is 2.27. The van der Waals surface area contributed by atoms with Gasteiger partial charge in [0.1, 0.15) is 7.85 Å². The van der Waals surface area contributed by atoms with Crippen LogP contribution in [0.1, 0.15) is 39.0 Å². The van der Waals surface area contributed by atoms with Gasteiger partial charge in [0.2, 0.25) is 0 Å². The summed E-state index contributed by atoms with van der Waals surface area (Å²) in [5.74, 6) is 2.19. The minimum absolute atomic E-state index is 1.07. The molecular formula is C8H17B. The third-order valence-corrected chi connectivity index (χ3v) is 2.45. The lowest BCUT2D eigenvalue weighted by atomic mass is 9.98. The third kappa shape index (κ3) is 2.42. The molecular weight excluding hydrogens is 107 g/mol. The van der Waals surface area contributed by atoms with E-state index in [1.165, 1.54) is 32.1 Å². The first-order valence-electron chi connectivity index (χ1n) is 4.34. The molecule has 1 fully saturated rings. The minimum Gasteiger partial charge on any atom is -0.0667 e. The highest BCUT2D eigenvalue weighted by atomic mass is 14.3. The zero-order chi connectivity index (χ0) is 6.69. The average Bonchev–Trinajstić information content (AvgIpc) is 2.48. The van der Waals surface area contributed by atoms with Crippen LogP contribution in [-0.4, -0.2) is 7.85 Å². The van der Waals surface area contributed by atoms with Crippen LogP contribution in [0, 0.1) is 5.92 Å². The van der Waals surface area contributed by atoms with Gasteiger partial charge in [0.05, 0.1) is 0 Å². The summed E-state index contributed by atoms with van der Waals surface area (Å²) in [5, 5.41) is 0. The van der Waals surface area contributed by atoms with Crippen molar-refractivity contribution in [2.24, 2.45) is 5.92 Å². The third-order valence-electron chi connectivity index (χ3n) is 2.45. The maximum absolute atomic E-state index is 2.37. The molecule has 0 heterocycles. The summed E-state index contributed by atoms with van der Waals surface area (Å²) in [6.07, 6.45) is 7.33. The molecule has 0 aromatic heterocycles. The Morgan fingerprint density at radius 3 is 2.56 bits per heavy atom. The van der Waals surface area contributed by atoms with Crippen molar-refractivity contribution in [1.29, 1.82) is 0 Å². The lowest BCUT2D eigenvalue weighted by molar-refractivity contribution is 0.620. The van der Waals surface area contributed by atoms with Crippen molar-refractivity contribution in [3.8, 4) is 0 Å². The van der Waals surface area contributed by atoms with Crippen LogP contribution >= 0.6 is 0 Å². The van der Waals surface area contributed by atoms with Crippen molar-refractivity contribution in [3.05, 3.63) is 0 Å². The Kier molecular flexibility index (Phi) is 2.62. The van der Waals surface area contributed by atoms with Gasteiger partial charge >= 0.3 is 0 Å². The van der Waals surface area contributed by atoms with E-state index in [0.717, 1.165) is 11.7 Å². The average molecular weight is 124 g/mol. The van der Waals surface area contributed by atoms with Gasteiger partial charge in [0.15, 0.2) is 0 Å². The van der Waals surface area contributed by atoms with E-state index < -0.39 is 0 Å². The van der Waals surface area contributed by atoms with Gasteiger partial charge in [-0.25, -0.2) is 0 Å². The molecule has 0 unspecified atom stereocenters. The molecule has 0 radical (unpaired) electrons. The Balaban J connectivity index is 1.83. The smallest absolute Gasteiger partial charge is 0.0667 e. The number of rotatable bonds is 4. The predicted octanol–water partition coefficient (Wildman–Crippen LogP) is 2.01. The SMILES string of the molecule is B[C@@H]1C[C@H]1CCCCC. The Labute approximate surface area is 59.4 Å². The second-order valence-electron chi connectivity index (χ2n) is 3.47. The van der Waals surface area contributed by atoms with Gasteiger partial charge in [-0.05, 0) is 5.92 Å². The molecule has 9 heavy (non-hydrogen) atoms.